The van der Waals surface area contributed by atoms with E-state index >= 15 is 0 Å². The summed E-state index contributed by atoms with van der Waals surface area (Å²) in [4.78, 5) is 30.6. The fraction of sp³-hybridized carbons (Fsp3) is 0.227. The van der Waals surface area contributed by atoms with E-state index in [-0.39, 0.29) is 23.8 Å². The van der Waals surface area contributed by atoms with E-state index in [1.54, 1.807) is 16.3 Å². The van der Waals surface area contributed by atoms with Crippen molar-refractivity contribution in [1.29, 1.82) is 0 Å². The van der Waals surface area contributed by atoms with Crippen LogP contribution in [0.25, 0.3) is 0 Å². The van der Waals surface area contributed by atoms with Gasteiger partial charge in [0.05, 0.1) is 11.4 Å². The Labute approximate surface area is 173 Å². The Balaban J connectivity index is 1.77. The van der Waals surface area contributed by atoms with E-state index in [9.17, 15) is 14.7 Å². The van der Waals surface area contributed by atoms with Crippen molar-refractivity contribution in [3.8, 4) is 5.75 Å². The number of aromatic hydroxyl groups is 1. The number of thiazole rings is 1. The van der Waals surface area contributed by atoms with Crippen molar-refractivity contribution in [1.82, 2.24) is 4.98 Å². The Morgan fingerprint density at radius 3 is 2.66 bits per heavy atom. The van der Waals surface area contributed by atoms with E-state index in [1.807, 2.05) is 38.1 Å². The molecule has 2 aromatic carbocycles. The first kappa shape index (κ1) is 20.5. The van der Waals surface area contributed by atoms with Gasteiger partial charge in [0.1, 0.15) is 17.9 Å². The maximum atomic E-state index is 12.3. The molecule has 6 nitrogen and oxygen atoms in total. The van der Waals surface area contributed by atoms with E-state index in [0.717, 1.165) is 23.2 Å². The number of hydrogen-bond acceptors (Lipinski definition) is 6. The lowest BCUT2D eigenvalue weighted by atomic mass is 10.1. The molecule has 0 atom stereocenters. The van der Waals surface area contributed by atoms with Crippen LogP contribution in [-0.4, -0.2) is 22.0 Å². The number of carbonyl (C=O) groups is 2. The molecule has 150 valence electrons. The van der Waals surface area contributed by atoms with Crippen molar-refractivity contribution in [2.45, 2.75) is 33.8 Å². The smallest absolute Gasteiger partial charge is 0.342 e. The highest BCUT2D eigenvalue weighted by Crippen LogP contribution is 2.32. The van der Waals surface area contributed by atoms with E-state index in [2.05, 4.69) is 4.98 Å². The molecular formula is C22H22N2O4S. The number of ether oxygens (including phenoxy) is 1. The number of nitrogens with zero attached hydrogens (tertiary/aromatic N) is 2. The molecule has 0 aliphatic rings. The van der Waals surface area contributed by atoms with Gasteiger partial charge in [0.15, 0.2) is 5.13 Å². The Kier molecular flexibility index (Phi) is 6.29. The van der Waals surface area contributed by atoms with Crippen LogP contribution in [0.4, 0.5) is 10.8 Å². The molecule has 0 bridgehead atoms. The summed E-state index contributed by atoms with van der Waals surface area (Å²) >= 11 is 1.31. The summed E-state index contributed by atoms with van der Waals surface area (Å²) in [5.74, 6) is -0.891. The van der Waals surface area contributed by atoms with Gasteiger partial charge in [0.25, 0.3) is 0 Å². The van der Waals surface area contributed by atoms with Crippen molar-refractivity contribution in [3.05, 3.63) is 70.2 Å². The second-order valence-corrected chi connectivity index (χ2v) is 7.39. The molecule has 0 spiro atoms. The number of para-hydroxylation sites is 1. The van der Waals surface area contributed by atoms with Crippen LogP contribution < -0.4 is 4.90 Å². The first-order valence-electron chi connectivity index (χ1n) is 9.20. The molecule has 7 heteroatoms. The molecule has 0 saturated carbocycles. The van der Waals surface area contributed by atoms with Gasteiger partial charge in [-0.1, -0.05) is 31.2 Å². The molecule has 3 aromatic rings. The van der Waals surface area contributed by atoms with E-state index < -0.39 is 5.97 Å². The van der Waals surface area contributed by atoms with Gasteiger partial charge in [-0.05, 0) is 42.7 Å². The molecule has 1 heterocycles. The third-order valence-electron chi connectivity index (χ3n) is 4.38. The largest absolute Gasteiger partial charge is 0.507 e. The highest BCUT2D eigenvalue weighted by molar-refractivity contribution is 7.14. The molecule has 0 aliphatic carbocycles. The minimum Gasteiger partial charge on any atom is -0.507 e. The van der Waals surface area contributed by atoms with Crippen LogP contribution in [0, 0.1) is 6.92 Å². The molecule has 0 unspecified atom stereocenters. The normalized spacial score (nSPS) is 10.6. The minimum absolute atomic E-state index is 0.0518. The fourth-order valence-corrected chi connectivity index (χ4v) is 3.80. The average Bonchev–Trinajstić information content (AvgIpc) is 3.15. The predicted octanol–water partition coefficient (Wildman–Crippen LogP) is 4.76. The van der Waals surface area contributed by atoms with Gasteiger partial charge in [0, 0.05) is 12.3 Å². The number of hydrogen-bond donors (Lipinski definition) is 1. The Morgan fingerprint density at radius 2 is 1.97 bits per heavy atom. The van der Waals surface area contributed by atoms with Crippen LogP contribution in [0.5, 0.6) is 5.75 Å². The summed E-state index contributed by atoms with van der Waals surface area (Å²) in [5.41, 5.74) is 3.32. The average molecular weight is 410 g/mol. The van der Waals surface area contributed by atoms with Crippen molar-refractivity contribution in [3.63, 3.8) is 0 Å². The van der Waals surface area contributed by atoms with Crippen molar-refractivity contribution in [2.75, 3.05) is 4.90 Å². The minimum atomic E-state index is -0.628. The Bertz CT molecular complexity index is 1040. The third-order valence-corrected chi connectivity index (χ3v) is 5.26. The topological polar surface area (TPSA) is 79.7 Å². The molecule has 0 saturated heterocycles. The predicted molar refractivity (Wildman–Crippen MR) is 113 cm³/mol. The van der Waals surface area contributed by atoms with Gasteiger partial charge >= 0.3 is 5.97 Å². The van der Waals surface area contributed by atoms with Gasteiger partial charge in [0.2, 0.25) is 5.91 Å². The van der Waals surface area contributed by atoms with Gasteiger partial charge in [-0.25, -0.2) is 9.78 Å². The standard InChI is InChI=1S/C22H22N2O4S/c1-4-16-7-5-6-8-19(16)24(15(3)25)22-23-17(13-29-22)12-28-21(27)18-10-9-14(2)11-20(18)26/h5-11,13,26H,4,12H2,1-3H3. The zero-order valence-corrected chi connectivity index (χ0v) is 17.3. The third kappa shape index (κ3) is 4.63. The number of esters is 1. The van der Waals surface area contributed by atoms with E-state index in [1.165, 1.54) is 30.4 Å². The van der Waals surface area contributed by atoms with Crippen molar-refractivity contribution < 1.29 is 19.4 Å². The second kappa shape index (κ2) is 8.87. The summed E-state index contributed by atoms with van der Waals surface area (Å²) in [5, 5.41) is 12.2. The van der Waals surface area contributed by atoms with Crippen molar-refractivity contribution >= 4 is 34.0 Å². The number of anilines is 2. The number of aromatic nitrogens is 1. The summed E-state index contributed by atoms with van der Waals surface area (Å²) in [6, 6.07) is 12.5. The van der Waals surface area contributed by atoms with E-state index in [0.29, 0.717) is 10.8 Å². The van der Waals surface area contributed by atoms with Crippen LogP contribution in [0.2, 0.25) is 0 Å². The fourth-order valence-electron chi connectivity index (χ4n) is 2.93. The number of phenols is 1. The zero-order chi connectivity index (χ0) is 21.0. The molecule has 29 heavy (non-hydrogen) atoms. The van der Waals surface area contributed by atoms with Crippen LogP contribution in [0.3, 0.4) is 0 Å². The number of phenolic OH excluding ortho intramolecular Hbond substituents is 1. The lowest BCUT2D eigenvalue weighted by molar-refractivity contribution is -0.115. The van der Waals surface area contributed by atoms with Gasteiger partial charge in [-0.3, -0.25) is 9.69 Å². The quantitative estimate of drug-likeness (QED) is 0.593. The van der Waals surface area contributed by atoms with Crippen LogP contribution in [-0.2, 0) is 22.6 Å². The van der Waals surface area contributed by atoms with Gasteiger partial charge in [-0.2, -0.15) is 0 Å². The molecule has 1 aromatic heterocycles. The summed E-state index contributed by atoms with van der Waals surface area (Å²) in [6.07, 6.45) is 0.788. The maximum Gasteiger partial charge on any atom is 0.342 e. The molecule has 1 amide bonds. The number of aryl methyl sites for hydroxylation is 2. The zero-order valence-electron chi connectivity index (χ0n) is 16.5. The lowest BCUT2D eigenvalue weighted by Crippen LogP contribution is -2.23. The summed E-state index contributed by atoms with van der Waals surface area (Å²) < 4.78 is 5.28. The number of carbonyl (C=O) groups excluding carboxylic acids is 2. The number of amides is 1. The number of benzene rings is 2. The van der Waals surface area contributed by atoms with Crippen LogP contribution >= 0.6 is 11.3 Å². The second-order valence-electron chi connectivity index (χ2n) is 6.55. The van der Waals surface area contributed by atoms with Crippen LogP contribution in [0.15, 0.2) is 47.8 Å². The molecule has 0 radical (unpaired) electrons. The molecule has 3 rings (SSSR count). The molecular weight excluding hydrogens is 388 g/mol. The first-order chi connectivity index (χ1) is 13.9. The Hall–Kier alpha value is -3.19. The molecule has 0 aliphatic heterocycles. The summed E-state index contributed by atoms with van der Waals surface area (Å²) in [6.45, 7) is 5.30. The first-order valence-corrected chi connectivity index (χ1v) is 10.1. The maximum absolute atomic E-state index is 12.3. The monoisotopic (exact) mass is 410 g/mol. The van der Waals surface area contributed by atoms with Gasteiger partial charge < -0.3 is 9.84 Å². The summed E-state index contributed by atoms with van der Waals surface area (Å²) in [7, 11) is 0. The number of rotatable bonds is 6. The van der Waals surface area contributed by atoms with E-state index in [4.69, 9.17) is 4.74 Å². The lowest BCUT2D eigenvalue weighted by Gasteiger charge is -2.20. The van der Waals surface area contributed by atoms with Gasteiger partial charge in [-0.15, -0.1) is 11.3 Å². The highest BCUT2D eigenvalue weighted by Gasteiger charge is 2.21. The SMILES string of the molecule is CCc1ccccc1N(C(C)=O)c1nc(COC(=O)c2ccc(C)cc2O)cs1. The molecule has 1 N–H and O–H groups in total. The Morgan fingerprint density at radius 1 is 1.21 bits per heavy atom. The van der Waals surface area contributed by atoms with Crippen molar-refractivity contribution in [2.24, 2.45) is 0 Å². The van der Waals surface area contributed by atoms with Crippen LogP contribution in [0.1, 0.15) is 41.0 Å². The molecule has 0 fully saturated rings. The highest BCUT2D eigenvalue weighted by atomic mass is 32.1.